The van der Waals surface area contributed by atoms with Gasteiger partial charge in [-0.3, -0.25) is 4.79 Å². The van der Waals surface area contributed by atoms with E-state index in [1.807, 2.05) is 42.8 Å². The summed E-state index contributed by atoms with van der Waals surface area (Å²) in [5.74, 6) is 1.25. The van der Waals surface area contributed by atoms with Gasteiger partial charge >= 0.3 is 0 Å². The van der Waals surface area contributed by atoms with Gasteiger partial charge in [0.05, 0.1) is 12.4 Å². The van der Waals surface area contributed by atoms with Crippen molar-refractivity contribution in [3.8, 4) is 5.75 Å². The van der Waals surface area contributed by atoms with E-state index in [9.17, 15) is 4.79 Å². The maximum Gasteiger partial charge on any atom is 0.233 e. The van der Waals surface area contributed by atoms with Gasteiger partial charge in [-0.15, -0.1) is 10.2 Å². The fourth-order valence-electron chi connectivity index (χ4n) is 2.15. The first-order valence-corrected chi connectivity index (χ1v) is 8.97. The molecule has 0 saturated carbocycles. The lowest BCUT2D eigenvalue weighted by atomic mass is 10.2. The molecule has 0 unspecified atom stereocenters. The van der Waals surface area contributed by atoms with Crippen LogP contribution in [0, 0.1) is 0 Å². The number of rotatable bonds is 8. The fraction of sp³-hybridized carbons (Fsp3) is 0.471. The molecule has 1 aromatic heterocycles. The molecule has 2 aromatic rings. The Morgan fingerprint density at radius 3 is 2.67 bits per heavy atom. The molecule has 1 amide bonds. The quantitative estimate of drug-likeness (QED) is 0.686. The highest BCUT2D eigenvalue weighted by Crippen LogP contribution is 2.19. The summed E-state index contributed by atoms with van der Waals surface area (Å²) in [6.07, 6.45) is 1.70. The number of ether oxygens (including phenoxy) is 1. The summed E-state index contributed by atoms with van der Waals surface area (Å²) < 4.78 is 7.39. The van der Waals surface area contributed by atoms with Gasteiger partial charge in [-0.1, -0.05) is 23.9 Å². The number of amides is 1. The number of hydrogen-bond donors (Lipinski definition) is 0. The third-order valence-electron chi connectivity index (χ3n) is 3.50. The zero-order chi connectivity index (χ0) is 17.5. The number of thioether (sulfide) groups is 1. The maximum absolute atomic E-state index is 12.3. The molecular formula is C17H24N4O2S. The highest BCUT2D eigenvalue weighted by molar-refractivity contribution is 7.99. The van der Waals surface area contributed by atoms with Gasteiger partial charge in [-0.25, -0.2) is 0 Å². The molecule has 2 rings (SSSR count). The van der Waals surface area contributed by atoms with Crippen LogP contribution in [-0.4, -0.2) is 45.0 Å². The highest BCUT2D eigenvalue weighted by Gasteiger charge is 2.14. The van der Waals surface area contributed by atoms with Crippen LogP contribution in [0.4, 0.5) is 0 Å². The van der Waals surface area contributed by atoms with E-state index in [2.05, 4.69) is 24.0 Å². The Morgan fingerprint density at radius 1 is 1.33 bits per heavy atom. The van der Waals surface area contributed by atoms with E-state index in [0.717, 1.165) is 16.5 Å². The van der Waals surface area contributed by atoms with Gasteiger partial charge in [-0.2, -0.15) is 0 Å². The topological polar surface area (TPSA) is 60.2 Å². The van der Waals surface area contributed by atoms with E-state index in [1.54, 1.807) is 11.2 Å². The van der Waals surface area contributed by atoms with Gasteiger partial charge in [0.15, 0.2) is 5.16 Å². The second kappa shape index (κ2) is 8.73. The van der Waals surface area contributed by atoms with Crippen LogP contribution in [0.25, 0.3) is 0 Å². The zero-order valence-corrected chi connectivity index (χ0v) is 15.4. The molecule has 0 aliphatic rings. The molecule has 0 N–H and O–H groups in total. The van der Waals surface area contributed by atoms with E-state index in [4.69, 9.17) is 4.74 Å². The van der Waals surface area contributed by atoms with Crippen LogP contribution in [-0.2, 0) is 11.3 Å². The standard InChI is InChI=1S/C17H24N4O2S/c1-5-23-15-8-6-14(7-9-15)10-20(4)16(22)11-24-17-19-18-12-21(17)13(2)3/h6-9,12-13H,5,10-11H2,1-4H3. The SMILES string of the molecule is CCOc1ccc(CN(C)C(=O)CSc2nncn2C(C)C)cc1. The number of aromatic nitrogens is 3. The Kier molecular flexibility index (Phi) is 6.66. The average Bonchev–Trinajstić information content (AvgIpc) is 3.03. The Bertz CT molecular complexity index is 655. The van der Waals surface area contributed by atoms with Gasteiger partial charge in [0.1, 0.15) is 12.1 Å². The predicted octanol–water partition coefficient (Wildman–Crippen LogP) is 3.01. The highest BCUT2D eigenvalue weighted by atomic mass is 32.2. The minimum Gasteiger partial charge on any atom is -0.494 e. The van der Waals surface area contributed by atoms with Crippen LogP contribution < -0.4 is 4.74 Å². The Balaban J connectivity index is 1.86. The van der Waals surface area contributed by atoms with Crippen LogP contribution in [0.3, 0.4) is 0 Å². The van der Waals surface area contributed by atoms with Crippen LogP contribution in [0.2, 0.25) is 0 Å². The van der Waals surface area contributed by atoms with Crippen molar-refractivity contribution in [3.63, 3.8) is 0 Å². The molecule has 0 bridgehead atoms. The summed E-state index contributed by atoms with van der Waals surface area (Å²) in [6.45, 7) is 7.30. The Labute approximate surface area is 147 Å². The van der Waals surface area contributed by atoms with Crippen molar-refractivity contribution in [2.45, 2.75) is 38.5 Å². The van der Waals surface area contributed by atoms with E-state index in [1.165, 1.54) is 11.8 Å². The van der Waals surface area contributed by atoms with Crippen molar-refractivity contribution in [1.82, 2.24) is 19.7 Å². The van der Waals surface area contributed by atoms with Gasteiger partial charge in [0.25, 0.3) is 0 Å². The van der Waals surface area contributed by atoms with Crippen molar-refractivity contribution in [2.75, 3.05) is 19.4 Å². The zero-order valence-electron chi connectivity index (χ0n) is 14.6. The number of carbonyl (C=O) groups excluding carboxylic acids is 1. The number of nitrogens with zero attached hydrogens (tertiary/aromatic N) is 4. The molecule has 0 aliphatic carbocycles. The van der Waals surface area contributed by atoms with Gasteiger partial charge in [0, 0.05) is 19.6 Å². The molecule has 0 fully saturated rings. The molecule has 0 saturated heterocycles. The van der Waals surface area contributed by atoms with Crippen LogP contribution in [0.5, 0.6) is 5.75 Å². The largest absolute Gasteiger partial charge is 0.494 e. The maximum atomic E-state index is 12.3. The Hall–Kier alpha value is -2.02. The van der Waals surface area contributed by atoms with Crippen molar-refractivity contribution < 1.29 is 9.53 Å². The van der Waals surface area contributed by atoms with E-state index >= 15 is 0 Å². The summed E-state index contributed by atoms with van der Waals surface area (Å²) >= 11 is 1.42. The fourth-order valence-corrected chi connectivity index (χ4v) is 3.13. The van der Waals surface area contributed by atoms with Crippen molar-refractivity contribution in [2.24, 2.45) is 0 Å². The van der Waals surface area contributed by atoms with E-state index in [0.29, 0.717) is 18.9 Å². The summed E-state index contributed by atoms with van der Waals surface area (Å²) in [6, 6.07) is 8.10. The molecule has 6 nitrogen and oxygen atoms in total. The Morgan fingerprint density at radius 2 is 2.04 bits per heavy atom. The minimum atomic E-state index is 0.0622. The molecular weight excluding hydrogens is 324 g/mol. The lowest BCUT2D eigenvalue weighted by Crippen LogP contribution is -2.27. The molecule has 0 radical (unpaired) electrons. The molecule has 130 valence electrons. The molecule has 0 atom stereocenters. The third kappa shape index (κ3) is 4.99. The van der Waals surface area contributed by atoms with Gasteiger partial charge in [0.2, 0.25) is 5.91 Å². The summed E-state index contributed by atoms with van der Waals surface area (Å²) in [5, 5.41) is 8.75. The van der Waals surface area contributed by atoms with Gasteiger partial charge in [-0.05, 0) is 38.5 Å². The molecule has 0 spiro atoms. The lowest BCUT2D eigenvalue weighted by Gasteiger charge is -2.17. The second-order valence-corrected chi connectivity index (χ2v) is 6.67. The smallest absolute Gasteiger partial charge is 0.233 e. The average molecular weight is 348 g/mol. The van der Waals surface area contributed by atoms with Crippen molar-refractivity contribution in [1.29, 1.82) is 0 Å². The third-order valence-corrected chi connectivity index (χ3v) is 4.44. The number of carbonyl (C=O) groups is 1. The van der Waals surface area contributed by atoms with E-state index < -0.39 is 0 Å². The summed E-state index contributed by atoms with van der Waals surface area (Å²) in [7, 11) is 1.81. The molecule has 7 heteroatoms. The monoisotopic (exact) mass is 348 g/mol. The van der Waals surface area contributed by atoms with Crippen LogP contribution in [0.1, 0.15) is 32.4 Å². The van der Waals surface area contributed by atoms with Crippen molar-refractivity contribution in [3.05, 3.63) is 36.2 Å². The first kappa shape index (κ1) is 18.3. The summed E-state index contributed by atoms with van der Waals surface area (Å²) in [5.41, 5.74) is 1.07. The predicted molar refractivity (Wildman–Crippen MR) is 95.2 cm³/mol. The van der Waals surface area contributed by atoms with Crippen molar-refractivity contribution >= 4 is 17.7 Å². The second-order valence-electron chi connectivity index (χ2n) is 5.73. The number of hydrogen-bond acceptors (Lipinski definition) is 5. The normalized spacial score (nSPS) is 10.9. The molecule has 0 aliphatic heterocycles. The minimum absolute atomic E-state index is 0.0622. The van der Waals surface area contributed by atoms with Crippen LogP contribution in [0.15, 0.2) is 35.7 Å². The van der Waals surface area contributed by atoms with Crippen LogP contribution >= 0.6 is 11.8 Å². The lowest BCUT2D eigenvalue weighted by molar-refractivity contribution is -0.127. The molecule has 1 heterocycles. The first-order chi connectivity index (χ1) is 11.5. The molecule has 24 heavy (non-hydrogen) atoms. The number of benzene rings is 1. The molecule has 1 aromatic carbocycles. The van der Waals surface area contributed by atoms with Gasteiger partial charge < -0.3 is 14.2 Å². The summed E-state index contributed by atoms with van der Waals surface area (Å²) in [4.78, 5) is 14.0. The van der Waals surface area contributed by atoms with E-state index in [-0.39, 0.29) is 11.9 Å². The first-order valence-electron chi connectivity index (χ1n) is 7.99.